The van der Waals surface area contributed by atoms with Crippen LogP contribution in [0.2, 0.25) is 0 Å². The highest BCUT2D eigenvalue weighted by Crippen LogP contribution is 2.30. The third-order valence-electron chi connectivity index (χ3n) is 2.67. The van der Waals surface area contributed by atoms with Gasteiger partial charge in [-0.15, -0.1) is 0 Å². The maximum atomic E-state index is 11.4. The molecule has 106 valence electrons. The molecule has 0 atom stereocenters. The Morgan fingerprint density at radius 2 is 2.15 bits per heavy atom. The average Bonchev–Trinajstić information content (AvgIpc) is 2.67. The van der Waals surface area contributed by atoms with E-state index in [9.17, 15) is 9.90 Å². The minimum absolute atomic E-state index is 0.0348. The van der Waals surface area contributed by atoms with Gasteiger partial charge in [-0.05, 0) is 13.0 Å². The molecule has 0 saturated heterocycles. The molecule has 0 saturated carbocycles. The van der Waals surface area contributed by atoms with E-state index in [2.05, 4.69) is 15.1 Å². The van der Waals surface area contributed by atoms with Crippen molar-refractivity contribution in [1.82, 2.24) is 19.7 Å². The summed E-state index contributed by atoms with van der Waals surface area (Å²) in [6.07, 6.45) is 1.57. The van der Waals surface area contributed by atoms with Crippen LogP contribution in [0.15, 0.2) is 22.2 Å². The van der Waals surface area contributed by atoms with E-state index < -0.39 is 5.97 Å². The quantitative estimate of drug-likeness (QED) is 0.932. The standard InChI is InChI=1S/C13H16N4O2S/c1-7(2)12-14-6-9(11(15-12)13(18)19)20-10-5-8(3)16-17(10)4/h5-7H,1-4H3,(H,18,19). The Hall–Kier alpha value is -1.89. The number of aryl methyl sites for hydroxylation is 2. The third kappa shape index (κ3) is 2.98. The van der Waals surface area contributed by atoms with Gasteiger partial charge < -0.3 is 5.11 Å². The van der Waals surface area contributed by atoms with Crippen LogP contribution in [-0.4, -0.2) is 30.8 Å². The second-order valence-electron chi connectivity index (χ2n) is 4.75. The first kappa shape index (κ1) is 14.5. The van der Waals surface area contributed by atoms with Crippen molar-refractivity contribution in [3.63, 3.8) is 0 Å². The molecule has 0 aromatic carbocycles. The van der Waals surface area contributed by atoms with E-state index >= 15 is 0 Å². The molecule has 0 aliphatic rings. The summed E-state index contributed by atoms with van der Waals surface area (Å²) in [5, 5.41) is 14.4. The Labute approximate surface area is 121 Å². The van der Waals surface area contributed by atoms with Crippen LogP contribution in [0.4, 0.5) is 0 Å². The van der Waals surface area contributed by atoms with E-state index in [4.69, 9.17) is 0 Å². The van der Waals surface area contributed by atoms with Gasteiger partial charge in [0.25, 0.3) is 0 Å². The summed E-state index contributed by atoms with van der Waals surface area (Å²) in [5.74, 6) is -0.422. The van der Waals surface area contributed by atoms with Crippen molar-refractivity contribution < 1.29 is 9.90 Å². The van der Waals surface area contributed by atoms with Gasteiger partial charge in [-0.2, -0.15) is 5.10 Å². The molecule has 0 aliphatic heterocycles. The van der Waals surface area contributed by atoms with Gasteiger partial charge in [-0.25, -0.2) is 14.8 Å². The van der Waals surface area contributed by atoms with Gasteiger partial charge >= 0.3 is 5.97 Å². The summed E-state index contributed by atoms with van der Waals surface area (Å²) in [4.78, 5) is 20.2. The van der Waals surface area contributed by atoms with E-state index in [1.165, 1.54) is 11.8 Å². The highest BCUT2D eigenvalue weighted by atomic mass is 32.2. The lowest BCUT2D eigenvalue weighted by Crippen LogP contribution is -2.08. The van der Waals surface area contributed by atoms with Crippen molar-refractivity contribution in [2.24, 2.45) is 7.05 Å². The molecule has 0 spiro atoms. The first-order chi connectivity index (χ1) is 9.38. The van der Waals surface area contributed by atoms with Gasteiger partial charge in [0.15, 0.2) is 5.69 Å². The highest BCUT2D eigenvalue weighted by Gasteiger charge is 2.17. The molecule has 0 amide bonds. The zero-order valence-electron chi connectivity index (χ0n) is 11.8. The van der Waals surface area contributed by atoms with E-state index in [1.807, 2.05) is 33.9 Å². The molecule has 0 unspecified atom stereocenters. The zero-order chi connectivity index (χ0) is 14.9. The number of aromatic nitrogens is 4. The molecule has 7 heteroatoms. The first-order valence-corrected chi connectivity index (χ1v) is 6.99. The summed E-state index contributed by atoms with van der Waals surface area (Å²) in [5.41, 5.74) is 0.916. The minimum atomic E-state index is -1.05. The maximum Gasteiger partial charge on any atom is 0.355 e. The average molecular weight is 292 g/mol. The maximum absolute atomic E-state index is 11.4. The van der Waals surface area contributed by atoms with E-state index in [0.717, 1.165) is 10.7 Å². The van der Waals surface area contributed by atoms with Crippen molar-refractivity contribution >= 4 is 17.7 Å². The van der Waals surface area contributed by atoms with Crippen LogP contribution in [0.5, 0.6) is 0 Å². The second-order valence-corrected chi connectivity index (χ2v) is 5.81. The van der Waals surface area contributed by atoms with Gasteiger partial charge in [0.05, 0.1) is 15.6 Å². The highest BCUT2D eigenvalue weighted by molar-refractivity contribution is 7.99. The molecular formula is C13H16N4O2S. The van der Waals surface area contributed by atoms with Gasteiger partial charge in [-0.1, -0.05) is 25.6 Å². The molecule has 1 N–H and O–H groups in total. The van der Waals surface area contributed by atoms with Crippen LogP contribution in [0.3, 0.4) is 0 Å². The van der Waals surface area contributed by atoms with Crippen molar-refractivity contribution in [3.8, 4) is 0 Å². The van der Waals surface area contributed by atoms with Gasteiger partial charge in [-0.3, -0.25) is 4.68 Å². The Bertz CT molecular complexity index is 652. The summed E-state index contributed by atoms with van der Waals surface area (Å²) in [6.45, 7) is 5.75. The van der Waals surface area contributed by atoms with Gasteiger partial charge in [0, 0.05) is 19.2 Å². The number of rotatable bonds is 4. The monoisotopic (exact) mass is 292 g/mol. The largest absolute Gasteiger partial charge is 0.476 e. The lowest BCUT2D eigenvalue weighted by Gasteiger charge is -2.08. The molecule has 2 aromatic rings. The molecule has 2 heterocycles. The first-order valence-electron chi connectivity index (χ1n) is 6.17. The molecule has 20 heavy (non-hydrogen) atoms. The zero-order valence-corrected chi connectivity index (χ0v) is 12.6. The fourth-order valence-electron chi connectivity index (χ4n) is 1.69. The fraction of sp³-hybridized carbons (Fsp3) is 0.385. The Kier molecular flexibility index (Phi) is 4.08. The molecule has 2 aromatic heterocycles. The van der Waals surface area contributed by atoms with E-state index in [1.54, 1.807) is 10.9 Å². The Morgan fingerprint density at radius 3 is 2.65 bits per heavy atom. The summed E-state index contributed by atoms with van der Waals surface area (Å²) in [7, 11) is 1.82. The number of hydrogen-bond donors (Lipinski definition) is 1. The molecule has 6 nitrogen and oxygen atoms in total. The van der Waals surface area contributed by atoms with E-state index in [0.29, 0.717) is 10.7 Å². The van der Waals surface area contributed by atoms with Crippen LogP contribution in [-0.2, 0) is 7.05 Å². The summed E-state index contributed by atoms with van der Waals surface area (Å²) in [6, 6.07) is 1.90. The lowest BCUT2D eigenvalue weighted by molar-refractivity contribution is 0.0685. The third-order valence-corrected chi connectivity index (χ3v) is 3.78. The minimum Gasteiger partial charge on any atom is -0.476 e. The van der Waals surface area contributed by atoms with Crippen LogP contribution < -0.4 is 0 Å². The topological polar surface area (TPSA) is 80.9 Å². The molecule has 0 bridgehead atoms. The fourth-order valence-corrected chi connectivity index (χ4v) is 2.65. The van der Waals surface area contributed by atoms with Gasteiger partial charge in [0.2, 0.25) is 0 Å². The Morgan fingerprint density at radius 1 is 1.45 bits per heavy atom. The number of nitrogens with zero attached hydrogens (tertiary/aromatic N) is 4. The SMILES string of the molecule is Cc1cc(Sc2cnc(C(C)C)nc2C(=O)O)n(C)n1. The van der Waals surface area contributed by atoms with Crippen molar-refractivity contribution in [1.29, 1.82) is 0 Å². The van der Waals surface area contributed by atoms with Crippen LogP contribution in [0.25, 0.3) is 0 Å². The summed E-state index contributed by atoms with van der Waals surface area (Å²) >= 11 is 1.31. The normalized spacial score (nSPS) is 11.1. The van der Waals surface area contributed by atoms with Crippen molar-refractivity contribution in [2.45, 2.75) is 36.6 Å². The van der Waals surface area contributed by atoms with Crippen molar-refractivity contribution in [3.05, 3.63) is 29.5 Å². The summed E-state index contributed by atoms with van der Waals surface area (Å²) < 4.78 is 1.71. The number of carboxylic acids is 1. The molecule has 0 aliphatic carbocycles. The smallest absolute Gasteiger partial charge is 0.355 e. The van der Waals surface area contributed by atoms with Crippen LogP contribution in [0.1, 0.15) is 41.8 Å². The number of aromatic carboxylic acids is 1. The lowest BCUT2D eigenvalue weighted by atomic mass is 10.2. The van der Waals surface area contributed by atoms with Crippen LogP contribution >= 0.6 is 11.8 Å². The van der Waals surface area contributed by atoms with Crippen LogP contribution in [0, 0.1) is 6.92 Å². The number of carboxylic acid groups (broad SMARTS) is 1. The molecule has 0 fully saturated rings. The Balaban J connectivity index is 2.41. The van der Waals surface area contributed by atoms with Gasteiger partial charge in [0.1, 0.15) is 5.82 Å². The molecule has 0 radical (unpaired) electrons. The molecule has 2 rings (SSSR count). The second kappa shape index (κ2) is 5.62. The molecular weight excluding hydrogens is 276 g/mol. The van der Waals surface area contributed by atoms with E-state index in [-0.39, 0.29) is 11.6 Å². The predicted octanol–water partition coefficient (Wildman–Crippen LogP) is 2.49. The predicted molar refractivity (Wildman–Crippen MR) is 75.1 cm³/mol. The number of carbonyl (C=O) groups is 1. The number of hydrogen-bond acceptors (Lipinski definition) is 5. The van der Waals surface area contributed by atoms with Crippen molar-refractivity contribution in [2.75, 3.05) is 0 Å².